The van der Waals surface area contributed by atoms with E-state index >= 15 is 0 Å². The maximum absolute atomic E-state index is 11.2. The molecule has 1 aromatic heterocycles. The second-order valence-corrected chi connectivity index (χ2v) is 4.77. The van der Waals surface area contributed by atoms with Gasteiger partial charge in [-0.2, -0.15) is 0 Å². The molecule has 0 bridgehead atoms. The van der Waals surface area contributed by atoms with Crippen LogP contribution in [-0.4, -0.2) is 39.9 Å². The van der Waals surface area contributed by atoms with Crippen LogP contribution in [0.1, 0.15) is 31.1 Å². The Bertz CT molecular complexity index is 441. The summed E-state index contributed by atoms with van der Waals surface area (Å²) >= 11 is 0. The quantitative estimate of drug-likeness (QED) is 0.722. The highest BCUT2D eigenvalue weighted by Gasteiger charge is 2.22. The van der Waals surface area contributed by atoms with Crippen LogP contribution in [0.5, 0.6) is 0 Å². The summed E-state index contributed by atoms with van der Waals surface area (Å²) in [7, 11) is 0. The number of pyridine rings is 1. The summed E-state index contributed by atoms with van der Waals surface area (Å²) in [5.74, 6) is -0.764. The minimum Gasteiger partial charge on any atom is -0.478 e. The molecule has 0 spiro atoms. The number of carboxylic acid groups (broad SMARTS) is 1. The van der Waals surface area contributed by atoms with Gasteiger partial charge in [-0.3, -0.25) is 0 Å². The SMILES string of the molecule is CCN(CC(C)(C)O)c1ncc(N)cc1C(=O)O. The van der Waals surface area contributed by atoms with E-state index in [4.69, 9.17) is 10.8 Å². The number of nitrogen functional groups attached to an aromatic ring is 1. The third-order valence-electron chi connectivity index (χ3n) is 2.38. The van der Waals surface area contributed by atoms with Gasteiger partial charge in [0.1, 0.15) is 11.4 Å². The second-order valence-electron chi connectivity index (χ2n) is 4.77. The number of carboxylic acids is 1. The zero-order valence-electron chi connectivity index (χ0n) is 10.8. The second kappa shape index (κ2) is 5.22. The molecule has 0 unspecified atom stereocenters. The molecule has 0 radical (unpaired) electrons. The summed E-state index contributed by atoms with van der Waals surface area (Å²) in [6.45, 7) is 6.03. The van der Waals surface area contributed by atoms with Crippen LogP contribution in [0.15, 0.2) is 12.3 Å². The number of carbonyl (C=O) groups is 1. The van der Waals surface area contributed by atoms with E-state index in [0.717, 1.165) is 0 Å². The normalized spacial score (nSPS) is 11.3. The lowest BCUT2D eigenvalue weighted by Gasteiger charge is -2.29. The van der Waals surface area contributed by atoms with Crippen molar-refractivity contribution in [2.75, 3.05) is 23.7 Å². The summed E-state index contributed by atoms with van der Waals surface area (Å²) in [5.41, 5.74) is 4.95. The fourth-order valence-electron chi connectivity index (χ4n) is 1.69. The van der Waals surface area contributed by atoms with Gasteiger partial charge in [0.25, 0.3) is 0 Å². The lowest BCUT2D eigenvalue weighted by molar-refractivity contribution is 0.0693. The van der Waals surface area contributed by atoms with Crippen molar-refractivity contribution in [2.45, 2.75) is 26.4 Å². The van der Waals surface area contributed by atoms with Crippen LogP contribution in [0.4, 0.5) is 11.5 Å². The molecule has 0 aromatic carbocycles. The lowest BCUT2D eigenvalue weighted by atomic mass is 10.1. The van der Waals surface area contributed by atoms with Gasteiger partial charge in [-0.15, -0.1) is 0 Å². The Balaban J connectivity index is 3.17. The fourth-order valence-corrected chi connectivity index (χ4v) is 1.69. The van der Waals surface area contributed by atoms with E-state index in [1.165, 1.54) is 12.3 Å². The van der Waals surface area contributed by atoms with Crippen LogP contribution in [-0.2, 0) is 0 Å². The summed E-state index contributed by atoms with van der Waals surface area (Å²) in [4.78, 5) is 17.0. The molecule has 0 saturated heterocycles. The van der Waals surface area contributed by atoms with E-state index in [9.17, 15) is 9.90 Å². The molecule has 0 aliphatic carbocycles. The minimum absolute atomic E-state index is 0.0427. The molecule has 0 fully saturated rings. The van der Waals surface area contributed by atoms with Crippen molar-refractivity contribution >= 4 is 17.5 Å². The van der Waals surface area contributed by atoms with Gasteiger partial charge in [-0.1, -0.05) is 0 Å². The summed E-state index contributed by atoms with van der Waals surface area (Å²) in [6, 6.07) is 1.37. The molecule has 0 saturated carbocycles. The number of likely N-dealkylation sites (N-methyl/N-ethyl adjacent to an activating group) is 1. The number of nitrogens with zero attached hydrogens (tertiary/aromatic N) is 2. The summed E-state index contributed by atoms with van der Waals surface area (Å²) < 4.78 is 0. The highest BCUT2D eigenvalue weighted by atomic mass is 16.4. The van der Waals surface area contributed by atoms with Crippen LogP contribution < -0.4 is 10.6 Å². The first-order valence-electron chi connectivity index (χ1n) is 5.70. The van der Waals surface area contributed by atoms with Crippen LogP contribution in [0.25, 0.3) is 0 Å². The molecule has 1 rings (SSSR count). The number of hydrogen-bond acceptors (Lipinski definition) is 5. The number of nitrogens with two attached hydrogens (primary N) is 1. The number of aromatic nitrogens is 1. The van der Waals surface area contributed by atoms with E-state index in [1.807, 2.05) is 6.92 Å². The predicted octanol–water partition coefficient (Wildman–Crippen LogP) is 0.959. The first-order valence-corrected chi connectivity index (χ1v) is 5.70. The average molecular weight is 253 g/mol. The van der Waals surface area contributed by atoms with Crippen molar-refractivity contribution in [3.05, 3.63) is 17.8 Å². The van der Waals surface area contributed by atoms with Crippen LogP contribution in [0.3, 0.4) is 0 Å². The Kier molecular flexibility index (Phi) is 4.13. The first-order chi connectivity index (χ1) is 8.24. The van der Waals surface area contributed by atoms with E-state index in [0.29, 0.717) is 24.6 Å². The highest BCUT2D eigenvalue weighted by molar-refractivity contribution is 5.94. The zero-order chi connectivity index (χ0) is 13.9. The van der Waals surface area contributed by atoms with Crippen LogP contribution in [0, 0.1) is 0 Å². The van der Waals surface area contributed by atoms with Crippen molar-refractivity contribution in [3.8, 4) is 0 Å². The van der Waals surface area contributed by atoms with Crippen molar-refractivity contribution in [3.63, 3.8) is 0 Å². The van der Waals surface area contributed by atoms with E-state index in [1.54, 1.807) is 18.7 Å². The average Bonchev–Trinajstić information content (AvgIpc) is 2.24. The molecule has 4 N–H and O–H groups in total. The van der Waals surface area contributed by atoms with Gasteiger partial charge in [-0.25, -0.2) is 9.78 Å². The molecular weight excluding hydrogens is 234 g/mol. The van der Waals surface area contributed by atoms with Gasteiger partial charge in [0.2, 0.25) is 0 Å². The van der Waals surface area contributed by atoms with E-state index in [-0.39, 0.29) is 5.56 Å². The Labute approximate surface area is 106 Å². The van der Waals surface area contributed by atoms with Crippen molar-refractivity contribution in [2.24, 2.45) is 0 Å². The van der Waals surface area contributed by atoms with Gasteiger partial charge in [0, 0.05) is 13.1 Å². The Morgan fingerprint density at radius 2 is 2.17 bits per heavy atom. The Morgan fingerprint density at radius 1 is 1.56 bits per heavy atom. The monoisotopic (exact) mass is 253 g/mol. The minimum atomic E-state index is -1.08. The summed E-state index contributed by atoms with van der Waals surface area (Å²) in [6.07, 6.45) is 1.41. The Morgan fingerprint density at radius 3 is 2.61 bits per heavy atom. The first kappa shape index (κ1) is 14.2. The molecule has 0 amide bonds. The number of aromatic carboxylic acids is 1. The van der Waals surface area contributed by atoms with E-state index < -0.39 is 11.6 Å². The number of aliphatic hydroxyl groups is 1. The van der Waals surface area contributed by atoms with E-state index in [2.05, 4.69) is 4.98 Å². The van der Waals surface area contributed by atoms with Gasteiger partial charge in [0.05, 0.1) is 17.5 Å². The third kappa shape index (κ3) is 3.59. The molecule has 0 atom stereocenters. The topological polar surface area (TPSA) is 99.7 Å². The molecule has 0 aliphatic rings. The van der Waals surface area contributed by atoms with Gasteiger partial charge < -0.3 is 20.8 Å². The van der Waals surface area contributed by atoms with Crippen molar-refractivity contribution in [1.82, 2.24) is 4.98 Å². The van der Waals surface area contributed by atoms with Gasteiger partial charge >= 0.3 is 5.97 Å². The number of rotatable bonds is 5. The molecular formula is C12H19N3O3. The van der Waals surface area contributed by atoms with Gasteiger partial charge in [-0.05, 0) is 26.8 Å². The maximum atomic E-state index is 11.2. The highest BCUT2D eigenvalue weighted by Crippen LogP contribution is 2.21. The van der Waals surface area contributed by atoms with Crippen LogP contribution >= 0.6 is 0 Å². The molecule has 18 heavy (non-hydrogen) atoms. The lowest BCUT2D eigenvalue weighted by Crippen LogP contribution is -2.39. The maximum Gasteiger partial charge on any atom is 0.339 e. The molecule has 100 valence electrons. The smallest absolute Gasteiger partial charge is 0.339 e. The summed E-state index contributed by atoms with van der Waals surface area (Å²) in [5, 5.41) is 19.0. The van der Waals surface area contributed by atoms with Crippen molar-refractivity contribution in [1.29, 1.82) is 0 Å². The standard InChI is InChI=1S/C12H19N3O3/c1-4-15(7-12(2,3)18)10-9(11(16)17)5-8(13)6-14-10/h5-6,18H,4,7,13H2,1-3H3,(H,16,17). The Hall–Kier alpha value is -1.82. The number of anilines is 2. The van der Waals surface area contributed by atoms with Crippen molar-refractivity contribution < 1.29 is 15.0 Å². The van der Waals surface area contributed by atoms with Crippen LogP contribution in [0.2, 0.25) is 0 Å². The zero-order valence-corrected chi connectivity index (χ0v) is 10.8. The predicted molar refractivity (Wildman–Crippen MR) is 69.8 cm³/mol. The molecule has 6 heteroatoms. The molecule has 1 aromatic rings. The molecule has 0 aliphatic heterocycles. The number of hydrogen-bond donors (Lipinski definition) is 3. The molecule has 6 nitrogen and oxygen atoms in total. The molecule has 1 heterocycles. The van der Waals surface area contributed by atoms with Gasteiger partial charge in [0.15, 0.2) is 0 Å². The third-order valence-corrected chi connectivity index (χ3v) is 2.38. The fraction of sp³-hybridized carbons (Fsp3) is 0.500. The largest absolute Gasteiger partial charge is 0.478 e.